The summed E-state index contributed by atoms with van der Waals surface area (Å²) >= 11 is 1.78. The summed E-state index contributed by atoms with van der Waals surface area (Å²) in [5.41, 5.74) is 2.31. The smallest absolute Gasteiger partial charge is 0.242 e. The molecule has 0 atom stereocenters. The molecule has 0 saturated carbocycles. The van der Waals surface area contributed by atoms with Crippen molar-refractivity contribution in [3.8, 4) is 0 Å². The molecule has 3 rings (SSSR count). The maximum atomic E-state index is 12.4. The molecule has 1 amide bonds. The molecular weight excluding hydrogens is 334 g/mol. The van der Waals surface area contributed by atoms with E-state index in [1.54, 1.807) is 24.6 Å². The van der Waals surface area contributed by atoms with Gasteiger partial charge in [0.05, 0.1) is 6.54 Å². The molecule has 0 unspecified atom stereocenters. The van der Waals surface area contributed by atoms with Gasteiger partial charge in [0.2, 0.25) is 5.91 Å². The van der Waals surface area contributed by atoms with E-state index in [2.05, 4.69) is 32.1 Å². The number of thiophene rings is 1. The number of nitrogens with one attached hydrogen (secondary N) is 2. The van der Waals surface area contributed by atoms with Crippen LogP contribution in [-0.2, 0) is 24.2 Å². The van der Waals surface area contributed by atoms with Gasteiger partial charge < -0.3 is 15.5 Å². The van der Waals surface area contributed by atoms with Crippen LogP contribution in [0, 0.1) is 0 Å². The predicted octanol–water partition coefficient (Wildman–Crippen LogP) is 1.44. The highest BCUT2D eigenvalue weighted by molar-refractivity contribution is 7.10. The number of hydrogen-bond donors (Lipinski definition) is 2. The fraction of sp³-hybridized carbons (Fsp3) is 0.389. The standard InChI is InChI=1S/C18H23N5OS/c1-19-18(21-9-5-15-4-2-3-8-20-15)22-12-17(24)23-10-6-16-14(13-23)7-11-25-16/h2-4,7-8,11H,5-6,9-10,12-13H2,1H3,(H2,19,21,22). The van der Waals surface area contributed by atoms with Gasteiger partial charge in [-0.3, -0.25) is 14.8 Å². The van der Waals surface area contributed by atoms with Crippen LogP contribution in [0.1, 0.15) is 16.1 Å². The highest BCUT2D eigenvalue weighted by Crippen LogP contribution is 2.23. The zero-order valence-electron chi connectivity index (χ0n) is 14.4. The van der Waals surface area contributed by atoms with E-state index in [0.717, 1.165) is 25.1 Å². The zero-order chi connectivity index (χ0) is 17.5. The van der Waals surface area contributed by atoms with Gasteiger partial charge in [0.25, 0.3) is 0 Å². The average Bonchev–Trinajstić information content (AvgIpc) is 3.13. The third-order valence-corrected chi connectivity index (χ3v) is 5.21. The first kappa shape index (κ1) is 17.4. The number of aromatic nitrogens is 1. The van der Waals surface area contributed by atoms with E-state index >= 15 is 0 Å². The molecule has 2 aromatic rings. The van der Waals surface area contributed by atoms with E-state index in [9.17, 15) is 4.79 Å². The minimum absolute atomic E-state index is 0.101. The minimum atomic E-state index is 0.101. The Balaban J connectivity index is 1.41. The lowest BCUT2D eigenvalue weighted by Gasteiger charge is -2.27. The Morgan fingerprint density at radius 3 is 3.08 bits per heavy atom. The minimum Gasteiger partial charge on any atom is -0.356 e. The first-order chi connectivity index (χ1) is 12.3. The second kappa shape index (κ2) is 8.62. The molecule has 132 valence electrons. The molecule has 3 heterocycles. The van der Waals surface area contributed by atoms with E-state index in [4.69, 9.17) is 0 Å². The number of carbonyl (C=O) groups excluding carboxylic acids is 1. The summed E-state index contributed by atoms with van der Waals surface area (Å²) in [6, 6.07) is 8.00. The lowest BCUT2D eigenvalue weighted by Crippen LogP contribution is -2.46. The molecule has 0 fully saturated rings. The van der Waals surface area contributed by atoms with Crippen molar-refractivity contribution in [2.24, 2.45) is 4.99 Å². The largest absolute Gasteiger partial charge is 0.356 e. The van der Waals surface area contributed by atoms with Crippen molar-refractivity contribution in [3.05, 3.63) is 52.0 Å². The van der Waals surface area contributed by atoms with Crippen LogP contribution in [-0.4, -0.2) is 48.4 Å². The molecule has 0 radical (unpaired) electrons. The summed E-state index contributed by atoms with van der Waals surface area (Å²) in [4.78, 5) is 24.2. The molecule has 1 aliphatic heterocycles. The number of hydrogen-bond acceptors (Lipinski definition) is 4. The number of guanidine groups is 1. The van der Waals surface area contributed by atoms with Crippen molar-refractivity contribution in [1.82, 2.24) is 20.5 Å². The van der Waals surface area contributed by atoms with Gasteiger partial charge in [-0.25, -0.2) is 0 Å². The van der Waals surface area contributed by atoms with Crippen LogP contribution in [0.2, 0.25) is 0 Å². The monoisotopic (exact) mass is 357 g/mol. The third kappa shape index (κ3) is 4.79. The number of rotatable bonds is 5. The maximum absolute atomic E-state index is 12.4. The summed E-state index contributed by atoms with van der Waals surface area (Å²) in [6.45, 7) is 2.47. The topological polar surface area (TPSA) is 69.6 Å². The van der Waals surface area contributed by atoms with Gasteiger partial charge in [-0.1, -0.05) is 6.07 Å². The van der Waals surface area contributed by atoms with Crippen molar-refractivity contribution in [2.75, 3.05) is 26.7 Å². The molecule has 2 aromatic heterocycles. The molecule has 6 nitrogen and oxygen atoms in total. The Hall–Kier alpha value is -2.41. The fourth-order valence-electron chi connectivity index (χ4n) is 2.81. The first-order valence-electron chi connectivity index (χ1n) is 8.43. The van der Waals surface area contributed by atoms with Gasteiger partial charge >= 0.3 is 0 Å². The Bertz CT molecular complexity index is 728. The van der Waals surface area contributed by atoms with E-state index in [-0.39, 0.29) is 12.5 Å². The van der Waals surface area contributed by atoms with Gasteiger partial charge in [-0.15, -0.1) is 11.3 Å². The Morgan fingerprint density at radius 1 is 1.36 bits per heavy atom. The van der Waals surface area contributed by atoms with E-state index < -0.39 is 0 Å². The summed E-state index contributed by atoms with van der Waals surface area (Å²) in [7, 11) is 1.71. The van der Waals surface area contributed by atoms with Crippen LogP contribution in [0.5, 0.6) is 0 Å². The molecule has 7 heteroatoms. The van der Waals surface area contributed by atoms with Gasteiger partial charge in [-0.2, -0.15) is 0 Å². The molecule has 25 heavy (non-hydrogen) atoms. The van der Waals surface area contributed by atoms with Crippen LogP contribution in [0.25, 0.3) is 0 Å². The zero-order valence-corrected chi connectivity index (χ0v) is 15.2. The normalized spacial score (nSPS) is 14.1. The number of amides is 1. The number of fused-ring (bicyclic) bond motifs is 1. The molecular formula is C18H23N5OS. The highest BCUT2D eigenvalue weighted by atomic mass is 32.1. The van der Waals surface area contributed by atoms with Gasteiger partial charge in [-0.05, 0) is 35.6 Å². The molecule has 0 aromatic carbocycles. The summed E-state index contributed by atoms with van der Waals surface area (Å²) in [6.07, 6.45) is 3.55. The first-order valence-corrected chi connectivity index (χ1v) is 9.31. The summed E-state index contributed by atoms with van der Waals surface area (Å²) < 4.78 is 0. The van der Waals surface area contributed by atoms with E-state index in [0.29, 0.717) is 19.0 Å². The van der Waals surface area contributed by atoms with E-state index in [1.807, 2.05) is 23.1 Å². The van der Waals surface area contributed by atoms with Crippen molar-refractivity contribution < 1.29 is 4.79 Å². The van der Waals surface area contributed by atoms with Crippen LogP contribution < -0.4 is 10.6 Å². The quantitative estimate of drug-likeness (QED) is 0.627. The SMILES string of the molecule is CN=C(NCCc1ccccn1)NCC(=O)N1CCc2sccc2C1. The highest BCUT2D eigenvalue weighted by Gasteiger charge is 2.21. The number of aliphatic imine (C=N–C) groups is 1. The third-order valence-electron chi connectivity index (χ3n) is 4.19. The number of pyridine rings is 1. The number of nitrogens with zero attached hydrogens (tertiary/aromatic N) is 3. The molecule has 2 N–H and O–H groups in total. The summed E-state index contributed by atoms with van der Waals surface area (Å²) in [5.74, 6) is 0.738. The molecule has 0 saturated heterocycles. The van der Waals surface area contributed by atoms with Gasteiger partial charge in [0.15, 0.2) is 5.96 Å². The second-order valence-electron chi connectivity index (χ2n) is 5.86. The van der Waals surface area contributed by atoms with E-state index in [1.165, 1.54) is 10.4 Å². The molecule has 0 aliphatic carbocycles. The van der Waals surface area contributed by atoms with Crippen molar-refractivity contribution in [1.29, 1.82) is 0 Å². The Labute approximate surface area is 152 Å². The van der Waals surface area contributed by atoms with Crippen molar-refractivity contribution in [2.45, 2.75) is 19.4 Å². The lowest BCUT2D eigenvalue weighted by atomic mass is 10.1. The summed E-state index contributed by atoms with van der Waals surface area (Å²) in [5, 5.41) is 8.42. The maximum Gasteiger partial charge on any atom is 0.242 e. The second-order valence-corrected chi connectivity index (χ2v) is 6.86. The fourth-order valence-corrected chi connectivity index (χ4v) is 3.70. The predicted molar refractivity (Wildman–Crippen MR) is 101 cm³/mol. The van der Waals surface area contributed by atoms with Crippen LogP contribution in [0.15, 0.2) is 40.8 Å². The molecule has 0 spiro atoms. The van der Waals surface area contributed by atoms with Crippen molar-refractivity contribution in [3.63, 3.8) is 0 Å². The molecule has 0 bridgehead atoms. The van der Waals surface area contributed by atoms with Crippen molar-refractivity contribution >= 4 is 23.2 Å². The lowest BCUT2D eigenvalue weighted by molar-refractivity contribution is -0.130. The Morgan fingerprint density at radius 2 is 2.28 bits per heavy atom. The van der Waals surface area contributed by atoms with Crippen LogP contribution >= 0.6 is 11.3 Å². The molecule has 1 aliphatic rings. The van der Waals surface area contributed by atoms with Crippen LogP contribution in [0.4, 0.5) is 0 Å². The average molecular weight is 357 g/mol. The Kier molecular flexibility index (Phi) is 6.00. The van der Waals surface area contributed by atoms with Gasteiger partial charge in [0.1, 0.15) is 0 Å². The number of carbonyl (C=O) groups is 1. The van der Waals surface area contributed by atoms with Crippen LogP contribution in [0.3, 0.4) is 0 Å². The van der Waals surface area contributed by atoms with Gasteiger partial charge in [0, 0.05) is 49.9 Å².